The van der Waals surface area contributed by atoms with Crippen molar-refractivity contribution in [1.82, 2.24) is 25.3 Å². The Balaban J connectivity index is 1.55. The number of aromatic hydroxyl groups is 1. The quantitative estimate of drug-likeness (QED) is 0.606. The van der Waals surface area contributed by atoms with E-state index in [4.69, 9.17) is 0 Å². The Kier molecular flexibility index (Phi) is 5.11. The van der Waals surface area contributed by atoms with Gasteiger partial charge in [-0.2, -0.15) is 10.2 Å². The minimum Gasteiger partial charge on any atom is -0.492 e. The van der Waals surface area contributed by atoms with E-state index in [0.717, 1.165) is 24.1 Å². The molecule has 2 heterocycles. The van der Waals surface area contributed by atoms with Crippen LogP contribution in [0, 0.1) is 17.0 Å². The summed E-state index contributed by atoms with van der Waals surface area (Å²) in [6.07, 6.45) is 1.71. The van der Waals surface area contributed by atoms with Crippen molar-refractivity contribution in [2.24, 2.45) is 5.41 Å². The van der Waals surface area contributed by atoms with Gasteiger partial charge in [-0.15, -0.1) is 10.2 Å². The molecule has 2 atom stereocenters. The standard InChI is InChI=1S/C25H25F2N5O2/c1-4-32(23(34)18-8-9-20(33)30-28-18)13-25-11-10-15(24(25,2)3)14-12-19(29-31-22(14)25)21-16(26)6-5-7-17(21)27/h5-9,12,15H,4,10-11,13H2,1-3H3,(H,30,33)/t15-,25-/m0/s1. The average Bonchev–Trinajstić information content (AvgIpc) is 3.17. The smallest absolute Gasteiger partial charge is 0.274 e. The Bertz CT molecular complexity index is 1260. The highest BCUT2D eigenvalue weighted by atomic mass is 19.1. The van der Waals surface area contributed by atoms with Crippen molar-refractivity contribution in [2.45, 2.75) is 44.9 Å². The third-order valence-electron chi connectivity index (χ3n) is 7.83. The lowest BCUT2D eigenvalue weighted by atomic mass is 9.68. The van der Waals surface area contributed by atoms with Crippen LogP contribution in [0.5, 0.6) is 5.88 Å². The van der Waals surface area contributed by atoms with Gasteiger partial charge in [-0.1, -0.05) is 19.9 Å². The minimum absolute atomic E-state index is 0.133. The van der Waals surface area contributed by atoms with Crippen molar-refractivity contribution in [1.29, 1.82) is 0 Å². The molecular formula is C25H25F2N5O2. The molecule has 3 aromatic rings. The maximum atomic E-state index is 14.4. The summed E-state index contributed by atoms with van der Waals surface area (Å²) >= 11 is 0. The van der Waals surface area contributed by atoms with Gasteiger partial charge in [0.2, 0.25) is 5.88 Å². The maximum Gasteiger partial charge on any atom is 0.274 e. The molecule has 2 aliphatic carbocycles. The number of hydrogen-bond donors (Lipinski definition) is 1. The first-order valence-electron chi connectivity index (χ1n) is 11.3. The molecule has 34 heavy (non-hydrogen) atoms. The largest absolute Gasteiger partial charge is 0.492 e. The lowest BCUT2D eigenvalue weighted by Gasteiger charge is -2.41. The molecule has 1 saturated carbocycles. The second kappa shape index (κ2) is 7.78. The number of carbonyl (C=O) groups excluding carboxylic acids is 1. The van der Waals surface area contributed by atoms with Gasteiger partial charge in [0.1, 0.15) is 11.6 Å². The second-order valence-corrected chi connectivity index (χ2v) is 9.62. The number of nitrogens with zero attached hydrogens (tertiary/aromatic N) is 5. The third kappa shape index (κ3) is 3.09. The van der Waals surface area contributed by atoms with Crippen LogP contribution >= 0.6 is 0 Å². The highest BCUT2D eigenvalue weighted by molar-refractivity contribution is 5.92. The van der Waals surface area contributed by atoms with Crippen LogP contribution in [0.3, 0.4) is 0 Å². The zero-order valence-electron chi connectivity index (χ0n) is 19.2. The van der Waals surface area contributed by atoms with Gasteiger partial charge < -0.3 is 10.0 Å². The predicted octanol–water partition coefficient (Wildman–Crippen LogP) is 4.23. The highest BCUT2D eigenvalue weighted by Crippen LogP contribution is 2.67. The fourth-order valence-corrected chi connectivity index (χ4v) is 5.90. The van der Waals surface area contributed by atoms with E-state index >= 15 is 0 Å². The number of rotatable bonds is 5. The molecule has 0 aliphatic heterocycles. The zero-order chi connectivity index (χ0) is 24.3. The topological polar surface area (TPSA) is 92.1 Å². The molecular weight excluding hydrogens is 440 g/mol. The van der Waals surface area contributed by atoms with Crippen molar-refractivity contribution < 1.29 is 18.7 Å². The van der Waals surface area contributed by atoms with Gasteiger partial charge in [0, 0.05) is 24.6 Å². The van der Waals surface area contributed by atoms with Crippen LogP contribution < -0.4 is 0 Å². The molecule has 1 amide bonds. The summed E-state index contributed by atoms with van der Waals surface area (Å²) in [5, 5.41) is 25.6. The van der Waals surface area contributed by atoms with Gasteiger partial charge in [-0.05, 0) is 60.9 Å². The molecule has 0 radical (unpaired) electrons. The van der Waals surface area contributed by atoms with Gasteiger partial charge in [0.05, 0.1) is 17.0 Å². The van der Waals surface area contributed by atoms with Crippen molar-refractivity contribution >= 4 is 5.91 Å². The Labute approximate surface area is 195 Å². The van der Waals surface area contributed by atoms with Gasteiger partial charge in [0.25, 0.3) is 5.91 Å². The lowest BCUT2D eigenvalue weighted by molar-refractivity contribution is 0.0645. The van der Waals surface area contributed by atoms with Crippen LogP contribution in [0.2, 0.25) is 0 Å². The molecule has 1 N–H and O–H groups in total. The van der Waals surface area contributed by atoms with Crippen LogP contribution in [0.15, 0.2) is 36.4 Å². The van der Waals surface area contributed by atoms with Crippen LogP contribution in [0.25, 0.3) is 11.3 Å². The summed E-state index contributed by atoms with van der Waals surface area (Å²) < 4.78 is 28.8. The first-order chi connectivity index (χ1) is 16.2. The van der Waals surface area contributed by atoms with Crippen molar-refractivity contribution in [3.8, 4) is 17.1 Å². The van der Waals surface area contributed by atoms with Crippen LogP contribution in [0.4, 0.5) is 8.78 Å². The summed E-state index contributed by atoms with van der Waals surface area (Å²) in [7, 11) is 0. The van der Waals surface area contributed by atoms with Crippen LogP contribution in [-0.2, 0) is 5.41 Å². The third-order valence-corrected chi connectivity index (χ3v) is 7.83. The summed E-state index contributed by atoms with van der Waals surface area (Å²) in [4.78, 5) is 14.9. The van der Waals surface area contributed by atoms with Crippen LogP contribution in [0.1, 0.15) is 61.3 Å². The fourth-order valence-electron chi connectivity index (χ4n) is 5.90. The molecule has 0 spiro atoms. The molecule has 0 saturated heterocycles. The van der Waals surface area contributed by atoms with Gasteiger partial charge in [-0.3, -0.25) is 4.79 Å². The van der Waals surface area contributed by atoms with Crippen molar-refractivity contribution in [2.75, 3.05) is 13.1 Å². The zero-order valence-corrected chi connectivity index (χ0v) is 19.2. The van der Waals surface area contributed by atoms with Crippen molar-refractivity contribution in [3.05, 3.63) is 65.0 Å². The molecule has 1 fully saturated rings. The molecule has 2 aromatic heterocycles. The van der Waals surface area contributed by atoms with Crippen LogP contribution in [-0.4, -0.2) is 49.4 Å². The first kappa shape index (κ1) is 22.3. The molecule has 2 aliphatic rings. The summed E-state index contributed by atoms with van der Waals surface area (Å²) in [6, 6.07) is 8.29. The minimum atomic E-state index is -0.677. The van der Waals surface area contributed by atoms with E-state index in [1.807, 2.05) is 6.92 Å². The van der Waals surface area contributed by atoms with E-state index in [2.05, 4.69) is 34.2 Å². The van der Waals surface area contributed by atoms with E-state index in [9.17, 15) is 18.7 Å². The Morgan fingerprint density at radius 2 is 1.85 bits per heavy atom. The van der Waals surface area contributed by atoms with E-state index in [1.165, 1.54) is 30.3 Å². The number of carbonyl (C=O) groups is 1. The average molecular weight is 466 g/mol. The summed E-state index contributed by atoms with van der Waals surface area (Å²) in [5.41, 5.74) is 1.18. The number of halogens is 2. The molecule has 176 valence electrons. The fraction of sp³-hybridized carbons (Fsp3) is 0.400. The van der Waals surface area contributed by atoms with Crippen molar-refractivity contribution in [3.63, 3.8) is 0 Å². The van der Waals surface area contributed by atoms with Gasteiger partial charge in [0.15, 0.2) is 5.69 Å². The van der Waals surface area contributed by atoms with Gasteiger partial charge >= 0.3 is 0 Å². The van der Waals surface area contributed by atoms with E-state index < -0.39 is 17.0 Å². The molecule has 1 aromatic carbocycles. The Morgan fingerprint density at radius 3 is 2.50 bits per heavy atom. The molecule has 2 bridgehead atoms. The normalized spacial score (nSPS) is 22.0. The van der Waals surface area contributed by atoms with Gasteiger partial charge in [-0.25, -0.2) is 8.78 Å². The maximum absolute atomic E-state index is 14.4. The Morgan fingerprint density at radius 1 is 1.12 bits per heavy atom. The molecule has 5 rings (SSSR count). The number of amides is 1. The summed E-state index contributed by atoms with van der Waals surface area (Å²) in [5.74, 6) is -1.75. The van der Waals surface area contributed by atoms with E-state index in [-0.39, 0.29) is 40.1 Å². The first-order valence-corrected chi connectivity index (χ1v) is 11.3. The number of likely N-dealkylation sites (N-methyl/N-ethyl adjacent to an activating group) is 1. The predicted molar refractivity (Wildman–Crippen MR) is 120 cm³/mol. The lowest BCUT2D eigenvalue weighted by Crippen LogP contribution is -2.48. The number of benzene rings is 1. The number of fused-ring (bicyclic) bond motifs is 5. The number of hydrogen-bond acceptors (Lipinski definition) is 6. The monoisotopic (exact) mass is 465 g/mol. The second-order valence-electron chi connectivity index (χ2n) is 9.62. The molecule has 0 unspecified atom stereocenters. The summed E-state index contributed by atoms with van der Waals surface area (Å²) in [6.45, 7) is 7.07. The SMILES string of the molecule is CCN(C[C@@]12CC[C@@H](c3cc(-c4c(F)cccc4F)nnc31)C2(C)C)C(=O)c1ccc(O)nn1. The van der Waals surface area contributed by atoms with E-state index in [0.29, 0.717) is 13.1 Å². The van der Waals surface area contributed by atoms with E-state index in [1.54, 1.807) is 11.0 Å². The molecule has 7 nitrogen and oxygen atoms in total. The number of aromatic nitrogens is 4. The Hall–Kier alpha value is -3.49. The highest BCUT2D eigenvalue weighted by Gasteiger charge is 2.64. The molecule has 9 heteroatoms.